The second-order valence-electron chi connectivity index (χ2n) is 17.1. The van der Waals surface area contributed by atoms with Crippen molar-refractivity contribution in [1.29, 1.82) is 0 Å². The van der Waals surface area contributed by atoms with Crippen LogP contribution in [0, 0.1) is 0 Å². The minimum atomic E-state index is -0.703. The Morgan fingerprint density at radius 1 is 0.474 bits per heavy atom. The van der Waals surface area contributed by atoms with Crippen molar-refractivity contribution < 1.29 is 24.2 Å². The van der Waals surface area contributed by atoms with Gasteiger partial charge in [-0.3, -0.25) is 0 Å². The molecule has 1 saturated heterocycles. The first kappa shape index (κ1) is 46.3. The molecule has 4 rings (SSSR count). The zero-order valence-electron chi connectivity index (χ0n) is 36.3. The SMILES string of the molecule is CCCCCCCCCCCCCOc1ccc(C(=O)Oc2ccc([C@@]3(C)CC[C@](C)(c4ccc(OCCCCCCCCCCCCC)cc4)N3[O])cc2)cc1. The van der Waals surface area contributed by atoms with Crippen molar-refractivity contribution in [2.45, 2.75) is 193 Å². The first-order valence-electron chi connectivity index (χ1n) is 23.1. The molecule has 0 N–H and O–H groups in total. The summed E-state index contributed by atoms with van der Waals surface area (Å²) in [7, 11) is 0. The number of nitrogens with zero attached hydrogens (tertiary/aromatic N) is 1. The number of hydrogen-bond acceptors (Lipinski definition) is 5. The van der Waals surface area contributed by atoms with Gasteiger partial charge in [-0.15, -0.1) is 10.3 Å². The molecular formula is C51H76NO5. The molecular weight excluding hydrogens is 707 g/mol. The maximum absolute atomic E-state index is 14.1. The van der Waals surface area contributed by atoms with Gasteiger partial charge in [0, 0.05) is 0 Å². The summed E-state index contributed by atoms with van der Waals surface area (Å²) in [6.45, 7) is 10.0. The van der Waals surface area contributed by atoms with Crippen LogP contribution in [0.15, 0.2) is 72.8 Å². The van der Waals surface area contributed by atoms with E-state index in [2.05, 4.69) is 13.8 Å². The second-order valence-corrected chi connectivity index (χ2v) is 17.1. The van der Waals surface area contributed by atoms with E-state index in [1.807, 2.05) is 62.4 Å². The molecule has 0 bridgehead atoms. The van der Waals surface area contributed by atoms with Crippen LogP contribution in [0.5, 0.6) is 17.2 Å². The number of carbonyl (C=O) groups excluding carboxylic acids is 1. The highest BCUT2D eigenvalue weighted by atomic mass is 16.5. The third-order valence-corrected chi connectivity index (χ3v) is 12.3. The summed E-state index contributed by atoms with van der Waals surface area (Å²) < 4.78 is 17.7. The smallest absolute Gasteiger partial charge is 0.343 e. The van der Waals surface area contributed by atoms with Crippen molar-refractivity contribution in [3.8, 4) is 17.2 Å². The quantitative estimate of drug-likeness (QED) is 0.0383. The maximum Gasteiger partial charge on any atom is 0.343 e. The summed E-state index contributed by atoms with van der Waals surface area (Å²) in [4.78, 5) is 13.0. The summed E-state index contributed by atoms with van der Waals surface area (Å²) in [5.41, 5.74) is 1.02. The van der Waals surface area contributed by atoms with Gasteiger partial charge >= 0.3 is 5.97 Å². The van der Waals surface area contributed by atoms with Gasteiger partial charge < -0.3 is 14.2 Å². The number of unbranched alkanes of at least 4 members (excludes halogenated alkanes) is 20. The number of carbonyl (C=O) groups is 1. The molecule has 2 atom stereocenters. The predicted octanol–water partition coefficient (Wildman–Crippen LogP) is 14.9. The lowest BCUT2D eigenvalue weighted by Gasteiger charge is -2.37. The zero-order valence-corrected chi connectivity index (χ0v) is 36.3. The summed E-state index contributed by atoms with van der Waals surface area (Å²) in [6, 6.07) is 22.7. The Hall–Kier alpha value is -3.35. The monoisotopic (exact) mass is 783 g/mol. The van der Waals surface area contributed by atoms with Crippen LogP contribution in [0.4, 0.5) is 0 Å². The number of rotatable bonds is 30. The Bertz CT molecular complexity index is 1510. The van der Waals surface area contributed by atoms with Crippen LogP contribution in [-0.2, 0) is 16.3 Å². The number of ether oxygens (including phenoxy) is 3. The van der Waals surface area contributed by atoms with Crippen LogP contribution in [-0.4, -0.2) is 24.2 Å². The molecule has 315 valence electrons. The van der Waals surface area contributed by atoms with Crippen LogP contribution in [0.3, 0.4) is 0 Å². The highest BCUT2D eigenvalue weighted by Crippen LogP contribution is 2.51. The van der Waals surface area contributed by atoms with E-state index in [1.54, 1.807) is 24.3 Å². The minimum Gasteiger partial charge on any atom is -0.494 e. The average molecular weight is 783 g/mol. The van der Waals surface area contributed by atoms with Crippen molar-refractivity contribution in [3.63, 3.8) is 0 Å². The highest BCUT2D eigenvalue weighted by Gasteiger charge is 2.52. The first-order chi connectivity index (χ1) is 27.8. The molecule has 0 amide bonds. The van der Waals surface area contributed by atoms with Gasteiger partial charge in [-0.25, -0.2) is 4.79 Å². The van der Waals surface area contributed by atoms with E-state index >= 15 is 0 Å². The molecule has 6 heteroatoms. The van der Waals surface area contributed by atoms with Crippen molar-refractivity contribution >= 4 is 5.97 Å². The summed E-state index contributed by atoms with van der Waals surface area (Å²) in [5, 5.41) is 15.3. The molecule has 0 aliphatic carbocycles. The normalized spacial score (nSPS) is 18.2. The fourth-order valence-electron chi connectivity index (χ4n) is 8.32. The van der Waals surface area contributed by atoms with E-state index in [0.717, 1.165) is 54.9 Å². The summed E-state index contributed by atoms with van der Waals surface area (Å²) in [6.07, 6.45) is 30.3. The Labute approximate surface area is 347 Å². The van der Waals surface area contributed by atoms with Crippen molar-refractivity contribution in [3.05, 3.63) is 89.5 Å². The van der Waals surface area contributed by atoms with Gasteiger partial charge in [0.05, 0.1) is 29.9 Å². The van der Waals surface area contributed by atoms with Crippen LogP contribution in [0.25, 0.3) is 0 Å². The number of esters is 1. The summed E-state index contributed by atoms with van der Waals surface area (Å²) in [5.74, 6) is 1.65. The molecule has 3 aromatic carbocycles. The molecule has 57 heavy (non-hydrogen) atoms. The van der Waals surface area contributed by atoms with E-state index in [1.165, 1.54) is 133 Å². The Balaban J connectivity index is 1.14. The Kier molecular flexibility index (Phi) is 21.1. The van der Waals surface area contributed by atoms with Gasteiger partial charge in [0.15, 0.2) is 0 Å². The lowest BCUT2D eigenvalue weighted by atomic mass is 9.89. The molecule has 1 aliphatic rings. The third-order valence-electron chi connectivity index (χ3n) is 12.3. The molecule has 0 saturated carbocycles. The van der Waals surface area contributed by atoms with E-state index in [9.17, 15) is 10.0 Å². The van der Waals surface area contributed by atoms with E-state index in [-0.39, 0.29) is 0 Å². The predicted molar refractivity (Wildman–Crippen MR) is 235 cm³/mol. The van der Waals surface area contributed by atoms with E-state index in [4.69, 9.17) is 14.2 Å². The Morgan fingerprint density at radius 2 is 0.789 bits per heavy atom. The fraction of sp³-hybridized carbons (Fsp3) is 0.627. The topological polar surface area (TPSA) is 67.9 Å². The van der Waals surface area contributed by atoms with Gasteiger partial charge in [-0.1, -0.05) is 167 Å². The van der Waals surface area contributed by atoms with Crippen molar-refractivity contribution in [1.82, 2.24) is 5.06 Å². The first-order valence-corrected chi connectivity index (χ1v) is 23.1. The molecule has 1 fully saturated rings. The van der Waals surface area contributed by atoms with Crippen LogP contribution >= 0.6 is 0 Å². The van der Waals surface area contributed by atoms with E-state index < -0.39 is 17.0 Å². The fourth-order valence-corrected chi connectivity index (χ4v) is 8.32. The second kappa shape index (κ2) is 25.9. The van der Waals surface area contributed by atoms with Gasteiger partial charge in [0.1, 0.15) is 17.2 Å². The maximum atomic E-state index is 14.1. The van der Waals surface area contributed by atoms with E-state index in [0.29, 0.717) is 17.9 Å². The van der Waals surface area contributed by atoms with Gasteiger partial charge in [0.25, 0.3) is 0 Å². The molecule has 0 spiro atoms. The van der Waals surface area contributed by atoms with Crippen molar-refractivity contribution in [2.24, 2.45) is 0 Å². The number of benzene rings is 3. The summed E-state index contributed by atoms with van der Waals surface area (Å²) >= 11 is 0. The number of hydroxylamine groups is 2. The largest absolute Gasteiger partial charge is 0.494 e. The van der Waals surface area contributed by atoms with Gasteiger partial charge in [0.2, 0.25) is 0 Å². The lowest BCUT2D eigenvalue weighted by molar-refractivity contribution is -0.260. The van der Waals surface area contributed by atoms with Gasteiger partial charge in [-0.2, -0.15) is 0 Å². The molecule has 6 nitrogen and oxygen atoms in total. The Morgan fingerprint density at radius 3 is 1.16 bits per heavy atom. The van der Waals surface area contributed by atoms with Crippen LogP contribution in [0.1, 0.15) is 203 Å². The highest BCUT2D eigenvalue weighted by molar-refractivity contribution is 5.91. The van der Waals surface area contributed by atoms with Crippen LogP contribution in [0.2, 0.25) is 0 Å². The molecule has 0 aromatic heterocycles. The third kappa shape index (κ3) is 15.4. The molecule has 3 aromatic rings. The van der Waals surface area contributed by atoms with Gasteiger partial charge in [-0.05, 0) is 99.2 Å². The molecule has 0 unspecified atom stereocenters. The average Bonchev–Trinajstić information content (AvgIpc) is 3.48. The standard InChI is InChI=1S/C51H76NO5/c1-5-7-9-11-13-15-17-19-21-23-25-41-55-46-33-27-43(28-34-46)49(53)57-48-37-31-45(32-38-48)51(4)40-39-50(3,52(51)54)44-29-35-47(36-30-44)56-42-26-24-22-20-18-16-14-12-10-8-6-2/h27-38H,5-26,39-42H2,1-4H3/t50-,51-/m1/s1. The molecule has 1 heterocycles. The molecule has 1 aliphatic heterocycles. The molecule has 1 radical (unpaired) electrons. The minimum absolute atomic E-state index is 0.420. The lowest BCUT2D eigenvalue weighted by Crippen LogP contribution is -2.44. The number of hydrogen-bond donors (Lipinski definition) is 0. The van der Waals surface area contributed by atoms with Crippen molar-refractivity contribution in [2.75, 3.05) is 13.2 Å². The van der Waals surface area contributed by atoms with Crippen LogP contribution < -0.4 is 14.2 Å². The zero-order chi connectivity index (χ0) is 40.6.